The van der Waals surface area contributed by atoms with E-state index in [1.807, 2.05) is 0 Å². The van der Waals surface area contributed by atoms with Gasteiger partial charge in [-0.3, -0.25) is 37.3 Å². The van der Waals surface area contributed by atoms with Crippen LogP contribution in [-0.2, 0) is 65.4 Å². The number of phosphoric acid groups is 2. The van der Waals surface area contributed by atoms with Gasteiger partial charge in [-0.1, -0.05) is 317 Å². The number of aliphatic hydroxyl groups excluding tert-OH is 1. The summed E-state index contributed by atoms with van der Waals surface area (Å²) in [5, 5.41) is 10.6. The van der Waals surface area contributed by atoms with Crippen molar-refractivity contribution in [3.05, 3.63) is 24.3 Å². The molecular weight excluding hydrogens is 1260 g/mol. The Bertz CT molecular complexity index is 1970. The lowest BCUT2D eigenvalue weighted by Gasteiger charge is -2.21. The fourth-order valence-electron chi connectivity index (χ4n) is 11.2. The van der Waals surface area contributed by atoms with Crippen molar-refractivity contribution < 1.29 is 80.2 Å². The van der Waals surface area contributed by atoms with Crippen LogP contribution in [0.3, 0.4) is 0 Å². The van der Waals surface area contributed by atoms with E-state index in [-0.39, 0.29) is 25.7 Å². The molecule has 6 atom stereocenters. The summed E-state index contributed by atoms with van der Waals surface area (Å²) < 4.78 is 68.4. The first-order valence-corrected chi connectivity index (χ1v) is 42.2. The normalized spacial score (nSPS) is 14.5. The predicted molar refractivity (Wildman–Crippen MR) is 390 cm³/mol. The number of allylic oxidation sites excluding steroid dienone is 4. The molecule has 17 nitrogen and oxygen atoms in total. The first-order chi connectivity index (χ1) is 46.3. The Morgan fingerprint density at radius 2 is 0.615 bits per heavy atom. The maximum absolute atomic E-state index is 13.1. The molecule has 0 saturated carbocycles. The lowest BCUT2D eigenvalue weighted by Crippen LogP contribution is -2.30. The van der Waals surface area contributed by atoms with E-state index < -0.39 is 97.5 Å². The van der Waals surface area contributed by atoms with Crippen LogP contribution < -0.4 is 0 Å². The second-order valence-electron chi connectivity index (χ2n) is 28.3. The molecule has 0 fully saturated rings. The van der Waals surface area contributed by atoms with E-state index in [9.17, 15) is 43.2 Å². The highest BCUT2D eigenvalue weighted by atomic mass is 31.2. The first kappa shape index (κ1) is 93.5. The summed E-state index contributed by atoms with van der Waals surface area (Å²) in [6, 6.07) is 0. The maximum atomic E-state index is 13.1. The summed E-state index contributed by atoms with van der Waals surface area (Å²) in [4.78, 5) is 72.7. The molecule has 0 amide bonds. The molecule has 0 aliphatic heterocycles. The number of hydrogen-bond donors (Lipinski definition) is 3. The number of hydrogen-bond acceptors (Lipinski definition) is 15. The number of carbonyl (C=O) groups excluding carboxylic acids is 4. The molecule has 0 aromatic heterocycles. The monoisotopic (exact) mass is 1410 g/mol. The molecule has 0 spiro atoms. The van der Waals surface area contributed by atoms with E-state index in [0.717, 1.165) is 121 Å². The van der Waals surface area contributed by atoms with Crippen molar-refractivity contribution in [3.63, 3.8) is 0 Å². The second kappa shape index (κ2) is 67.1. The fraction of sp³-hybridized carbons (Fsp3) is 0.896. The van der Waals surface area contributed by atoms with Gasteiger partial charge < -0.3 is 33.8 Å². The van der Waals surface area contributed by atoms with Gasteiger partial charge in [-0.15, -0.1) is 0 Å². The quantitative estimate of drug-likeness (QED) is 0.0169. The van der Waals surface area contributed by atoms with Crippen LogP contribution in [-0.4, -0.2) is 96.7 Å². The third kappa shape index (κ3) is 68.7. The third-order valence-corrected chi connectivity index (χ3v) is 19.5. The van der Waals surface area contributed by atoms with E-state index >= 15 is 0 Å². The summed E-state index contributed by atoms with van der Waals surface area (Å²) in [5.41, 5.74) is 0. The molecule has 0 aromatic carbocycles. The number of aliphatic hydroxyl groups is 1. The number of phosphoric ester groups is 2. The zero-order valence-electron chi connectivity index (χ0n) is 62.3. The molecule has 0 rings (SSSR count). The second-order valence-corrected chi connectivity index (χ2v) is 31.2. The molecule has 3 unspecified atom stereocenters. The van der Waals surface area contributed by atoms with Gasteiger partial charge in [0.2, 0.25) is 0 Å². The highest BCUT2D eigenvalue weighted by Crippen LogP contribution is 2.45. The summed E-state index contributed by atoms with van der Waals surface area (Å²) in [7, 11) is -9.92. The van der Waals surface area contributed by atoms with Crippen LogP contribution in [0.1, 0.15) is 370 Å². The number of esters is 4. The molecule has 0 aliphatic rings. The maximum Gasteiger partial charge on any atom is 0.472 e. The number of ether oxygens (including phenoxy) is 4. The summed E-state index contributed by atoms with van der Waals surface area (Å²) in [6.45, 7) is 11.7. The predicted octanol–water partition coefficient (Wildman–Crippen LogP) is 22.1. The van der Waals surface area contributed by atoms with Gasteiger partial charge in [-0.25, -0.2) is 9.13 Å². The molecule has 0 aromatic rings. The van der Waals surface area contributed by atoms with Crippen molar-refractivity contribution in [1.82, 2.24) is 0 Å². The standard InChI is InChI=1S/C77H146O17P2/c1-8-10-11-12-13-14-15-16-21-25-28-31-36-44-51-58-74(79)87-64-72(94-77(82)61-54-47-38-33-34-41-48-55-68(3)4)66-91-95(83,84)89-62-71(78)63-90-96(85,86)92-67-73(65-88-75(80)59-52-45-40-39-42-49-56-69(5)6)93-76(81)60-53-46-37-32-29-26-23-20-18-17-19-22-24-27-30-35-43-50-57-70(7)9-2/h14-16,21,68-73,78H,8-13,17-20,22-67H2,1-7H3,(H,83,84)(H,85,86)/b15-14-,21-16-/t70?,71-,72-,73-/m1/s1. The summed E-state index contributed by atoms with van der Waals surface area (Å²) >= 11 is 0. The lowest BCUT2D eigenvalue weighted by atomic mass is 9.99. The molecule has 0 heterocycles. The third-order valence-electron chi connectivity index (χ3n) is 17.6. The fourth-order valence-corrected chi connectivity index (χ4v) is 12.8. The molecule has 3 N–H and O–H groups in total. The SMILES string of the molecule is CCCCCC/C=C\C=C/CCCCCCCC(=O)OC[C@H](COP(=O)(O)OC[C@@H](O)COP(=O)(O)OC[C@@H](COC(=O)CCCCCCCCC(C)C)OC(=O)CCCCCCCCCCCCCCCCCCCCC(C)CC)OC(=O)CCCCCCCCCC(C)C. The van der Waals surface area contributed by atoms with Crippen LogP contribution in [0.25, 0.3) is 0 Å². The Morgan fingerprint density at radius 3 is 0.927 bits per heavy atom. The smallest absolute Gasteiger partial charge is 0.462 e. The number of carbonyl (C=O) groups is 4. The van der Waals surface area contributed by atoms with Crippen LogP contribution in [0.2, 0.25) is 0 Å². The zero-order valence-corrected chi connectivity index (χ0v) is 64.1. The molecule has 96 heavy (non-hydrogen) atoms. The van der Waals surface area contributed by atoms with Crippen LogP contribution in [0.5, 0.6) is 0 Å². The largest absolute Gasteiger partial charge is 0.472 e. The lowest BCUT2D eigenvalue weighted by molar-refractivity contribution is -0.161. The Kier molecular flexibility index (Phi) is 65.3. The van der Waals surface area contributed by atoms with E-state index in [2.05, 4.69) is 72.8 Å². The highest BCUT2D eigenvalue weighted by Gasteiger charge is 2.30. The van der Waals surface area contributed by atoms with Gasteiger partial charge in [-0.2, -0.15) is 0 Å². The van der Waals surface area contributed by atoms with E-state index in [0.29, 0.717) is 37.5 Å². The van der Waals surface area contributed by atoms with Crippen LogP contribution in [0.15, 0.2) is 24.3 Å². The molecular formula is C77H146O17P2. The minimum Gasteiger partial charge on any atom is -0.462 e. The van der Waals surface area contributed by atoms with Crippen LogP contribution in [0.4, 0.5) is 0 Å². The van der Waals surface area contributed by atoms with Gasteiger partial charge in [0.1, 0.15) is 19.3 Å². The van der Waals surface area contributed by atoms with Crippen LogP contribution >= 0.6 is 15.6 Å². The number of rotatable bonds is 73. The molecule has 0 aliphatic carbocycles. The highest BCUT2D eigenvalue weighted by molar-refractivity contribution is 7.47. The van der Waals surface area contributed by atoms with Gasteiger partial charge in [0, 0.05) is 25.7 Å². The average Bonchev–Trinajstić information content (AvgIpc) is 1.40. The Morgan fingerprint density at radius 1 is 0.344 bits per heavy atom. The Labute approximate surface area is 586 Å². The Balaban J connectivity index is 5.16. The zero-order chi connectivity index (χ0) is 70.9. The van der Waals surface area contributed by atoms with Crippen molar-refractivity contribution in [2.24, 2.45) is 17.8 Å². The summed E-state index contributed by atoms with van der Waals surface area (Å²) in [5.74, 6) is 0.0864. The van der Waals surface area contributed by atoms with Gasteiger partial charge in [0.25, 0.3) is 0 Å². The minimum atomic E-state index is -4.96. The van der Waals surface area contributed by atoms with Crippen molar-refractivity contribution in [3.8, 4) is 0 Å². The molecule has 0 bridgehead atoms. The van der Waals surface area contributed by atoms with Crippen molar-refractivity contribution in [2.75, 3.05) is 39.6 Å². The van der Waals surface area contributed by atoms with Gasteiger partial charge in [0.05, 0.1) is 26.4 Å². The van der Waals surface area contributed by atoms with E-state index in [1.54, 1.807) is 0 Å². The molecule has 566 valence electrons. The van der Waals surface area contributed by atoms with Crippen molar-refractivity contribution in [1.29, 1.82) is 0 Å². The summed E-state index contributed by atoms with van der Waals surface area (Å²) in [6.07, 6.45) is 56.7. The minimum absolute atomic E-state index is 0.0963. The van der Waals surface area contributed by atoms with Crippen molar-refractivity contribution >= 4 is 39.5 Å². The van der Waals surface area contributed by atoms with E-state index in [4.69, 9.17) is 37.0 Å². The average molecular weight is 1410 g/mol. The molecule has 0 radical (unpaired) electrons. The van der Waals surface area contributed by atoms with Gasteiger partial charge in [0.15, 0.2) is 12.2 Å². The van der Waals surface area contributed by atoms with Crippen LogP contribution in [0, 0.1) is 17.8 Å². The first-order valence-electron chi connectivity index (χ1n) is 39.2. The number of unbranched alkanes of at least 4 members (excludes halogenated alkanes) is 37. The Hall–Kier alpha value is -2.46. The van der Waals surface area contributed by atoms with Crippen molar-refractivity contribution in [2.45, 2.75) is 388 Å². The topological polar surface area (TPSA) is 237 Å². The van der Waals surface area contributed by atoms with Gasteiger partial charge in [-0.05, 0) is 69.1 Å². The molecule has 0 saturated heterocycles. The molecule has 19 heteroatoms. The van der Waals surface area contributed by atoms with E-state index in [1.165, 1.54) is 154 Å². The van der Waals surface area contributed by atoms with Gasteiger partial charge >= 0.3 is 39.5 Å².